The molecule has 7 N–H and O–H groups in total. The first-order chi connectivity index (χ1) is 39.7. The number of carbonyl (C=O) groups excluding carboxylic acids is 8. The van der Waals surface area contributed by atoms with Crippen molar-refractivity contribution in [1.82, 2.24) is 41.7 Å². The summed E-state index contributed by atoms with van der Waals surface area (Å²) in [6.45, 7) is 12.0. The molecular weight excluding hydrogens is 1090 g/mol. The van der Waals surface area contributed by atoms with Crippen molar-refractivity contribution in [2.75, 3.05) is 126 Å². The second kappa shape index (κ2) is 29.7. The normalized spacial score (nSPS) is 20.0. The van der Waals surface area contributed by atoms with Crippen molar-refractivity contribution in [1.29, 1.82) is 0 Å². The molecule has 6 aliphatic rings. The van der Waals surface area contributed by atoms with Gasteiger partial charge >= 0.3 is 18.3 Å². The van der Waals surface area contributed by atoms with E-state index in [-0.39, 0.29) is 93.1 Å². The first kappa shape index (κ1) is 62.4. The van der Waals surface area contributed by atoms with E-state index in [1.54, 1.807) is 28.0 Å². The molecule has 0 spiro atoms. The lowest BCUT2D eigenvalue weighted by Crippen LogP contribution is -2.47. The molecule has 3 aromatic carbocycles. The number of benzene rings is 3. The Morgan fingerprint density at radius 1 is 0.602 bits per heavy atom. The average Bonchev–Trinajstić information content (AvgIpc) is 4.42. The molecule has 9 rings (SSSR count). The van der Waals surface area contributed by atoms with Crippen molar-refractivity contribution in [2.45, 2.75) is 70.4 Å². The van der Waals surface area contributed by atoms with Gasteiger partial charge in [0.15, 0.2) is 18.2 Å². The maximum Gasteiger partial charge on any atom is 0.414 e. The summed E-state index contributed by atoms with van der Waals surface area (Å²) in [6.07, 6.45) is -1.70. The average molecular weight is 1160 g/mol. The molecule has 83 heavy (non-hydrogen) atoms. The summed E-state index contributed by atoms with van der Waals surface area (Å²) < 4.78 is 64.1. The van der Waals surface area contributed by atoms with Gasteiger partial charge in [0.05, 0.1) is 61.9 Å². The van der Waals surface area contributed by atoms with Crippen molar-refractivity contribution in [3.63, 3.8) is 0 Å². The lowest BCUT2D eigenvalue weighted by Gasteiger charge is -2.27. The Balaban J connectivity index is 0.000000179. The zero-order chi connectivity index (χ0) is 59.6. The van der Waals surface area contributed by atoms with E-state index in [1.807, 2.05) is 0 Å². The number of nitrogens with one attached hydrogen (secondary N) is 6. The van der Waals surface area contributed by atoms with Crippen molar-refractivity contribution in [3.05, 3.63) is 83.2 Å². The minimum absolute atomic E-state index is 0.0221. The number of cyclic esters (lactones) is 3. The van der Waals surface area contributed by atoms with Crippen LogP contribution in [-0.4, -0.2) is 198 Å². The van der Waals surface area contributed by atoms with Gasteiger partial charge < -0.3 is 65.8 Å². The summed E-state index contributed by atoms with van der Waals surface area (Å²) in [4.78, 5) is 101. The maximum atomic E-state index is 14.5. The summed E-state index contributed by atoms with van der Waals surface area (Å²) in [5, 5.41) is 27.6. The Morgan fingerprint density at radius 2 is 1.02 bits per heavy atom. The molecule has 0 radical (unpaired) electrons. The molecule has 6 saturated heterocycles. The number of nitrogens with zero attached hydrogens (tertiary/aromatic N) is 5. The van der Waals surface area contributed by atoms with E-state index in [4.69, 9.17) is 18.9 Å². The van der Waals surface area contributed by atoms with Gasteiger partial charge in [-0.25, -0.2) is 27.6 Å². The maximum absolute atomic E-state index is 14.5. The Morgan fingerprint density at radius 3 is 1.47 bits per heavy atom. The topological polar surface area (TPSA) is 282 Å². The number of piperidine rings is 1. The van der Waals surface area contributed by atoms with Crippen LogP contribution in [0.15, 0.2) is 54.6 Å². The fraction of sp³-hybridized carbons (Fsp3) is 0.500. The van der Waals surface area contributed by atoms with Crippen LogP contribution < -0.4 is 51.3 Å². The molecule has 8 amide bonds. The highest BCUT2D eigenvalue weighted by atomic mass is 19.1. The summed E-state index contributed by atoms with van der Waals surface area (Å²) in [6, 6.07) is 12.9. The van der Waals surface area contributed by atoms with Gasteiger partial charge in [-0.2, -0.15) is 0 Å². The van der Waals surface area contributed by atoms with Gasteiger partial charge in [-0.15, -0.1) is 0 Å². The van der Waals surface area contributed by atoms with Crippen LogP contribution in [0.5, 0.6) is 5.75 Å². The van der Waals surface area contributed by atoms with Gasteiger partial charge in [-0.1, -0.05) is 17.9 Å². The van der Waals surface area contributed by atoms with E-state index in [0.717, 1.165) is 32.2 Å². The van der Waals surface area contributed by atoms with Crippen molar-refractivity contribution in [2.24, 2.45) is 0 Å². The van der Waals surface area contributed by atoms with E-state index in [2.05, 4.69) is 43.7 Å². The molecule has 24 nitrogen and oxygen atoms in total. The monoisotopic (exact) mass is 1160 g/mol. The smallest absolute Gasteiger partial charge is 0.414 e. The highest BCUT2D eigenvalue weighted by Crippen LogP contribution is 2.29. The van der Waals surface area contributed by atoms with Crippen LogP contribution in [0.2, 0.25) is 0 Å². The molecule has 3 aromatic rings. The zero-order valence-corrected chi connectivity index (χ0v) is 46.5. The number of amides is 8. The predicted octanol–water partition coefficient (Wildman–Crippen LogP) is 1.50. The fourth-order valence-corrected chi connectivity index (χ4v) is 9.35. The number of hydrogen-bond donors (Lipinski definition) is 7. The number of anilines is 3. The van der Waals surface area contributed by atoms with Crippen molar-refractivity contribution in [3.8, 4) is 17.6 Å². The molecule has 3 atom stereocenters. The Hall–Kier alpha value is -8.19. The highest BCUT2D eigenvalue weighted by Gasteiger charge is 2.36. The Bertz CT molecular complexity index is 2780. The lowest BCUT2D eigenvalue weighted by molar-refractivity contribution is -0.134. The van der Waals surface area contributed by atoms with E-state index in [0.29, 0.717) is 81.2 Å². The van der Waals surface area contributed by atoms with Crippen LogP contribution in [0.1, 0.15) is 51.2 Å². The third kappa shape index (κ3) is 18.4. The van der Waals surface area contributed by atoms with Crippen molar-refractivity contribution >= 4 is 64.9 Å². The number of piperazine rings is 2. The molecule has 6 heterocycles. The molecule has 0 unspecified atom stereocenters. The number of aliphatic hydroxyl groups is 1. The van der Waals surface area contributed by atoms with E-state index < -0.39 is 59.6 Å². The number of rotatable bonds is 15. The van der Waals surface area contributed by atoms with Gasteiger partial charge in [0.25, 0.3) is 5.91 Å². The highest BCUT2D eigenvalue weighted by molar-refractivity contribution is 5.91. The van der Waals surface area contributed by atoms with E-state index in [9.17, 15) is 56.6 Å². The van der Waals surface area contributed by atoms with Crippen LogP contribution in [0.3, 0.4) is 0 Å². The molecule has 448 valence electrons. The number of hydrogen-bond acceptors (Lipinski definition) is 16. The standard InChI is InChI=1S/C19H25FN4O4.C19H22FN3O4.C18H23FN4O5/c1-13(25)22-11-16-12-24(19(27)28-16)15-4-2-14(17(20)10-15)3-5-18(26)23-8-6-21-7-9-23;1-13(24)22-11-16-12-23(18(25)27-16)15-3-2-14(17(20)10-15)4-5-19(26)6-8-21-9-7-19;1-12(24)21-9-14-10-23(18(26)28-14)13-2-3-16(15(19)8-13)27-11-17(25)22-6-4-20-5-7-22/h2,4,10,16,21H,3,5-9,11-12H2,1H3,(H,22,25);2-3,10,16,21,26H,6-9,11-12H2,1H3,(H,22,24);2-3,8,14,20H,4-7,9-11H2,1H3,(H,21,24)/t2*16-;14-/m000/s1. The minimum Gasteiger partial charge on any atom is -0.481 e. The second-order valence-corrected chi connectivity index (χ2v) is 20.3. The predicted molar refractivity (Wildman–Crippen MR) is 295 cm³/mol. The van der Waals surface area contributed by atoms with Crippen molar-refractivity contribution < 1.29 is 75.6 Å². The molecule has 6 aliphatic heterocycles. The van der Waals surface area contributed by atoms with Gasteiger partial charge in [-0.3, -0.25) is 38.7 Å². The summed E-state index contributed by atoms with van der Waals surface area (Å²) >= 11 is 0. The summed E-state index contributed by atoms with van der Waals surface area (Å²) in [5.74, 6) is 2.89. The van der Waals surface area contributed by atoms with Crippen LogP contribution in [0.4, 0.5) is 44.6 Å². The quantitative estimate of drug-likeness (QED) is 0.0839. The summed E-state index contributed by atoms with van der Waals surface area (Å²) in [7, 11) is 0. The van der Waals surface area contributed by atoms with E-state index in [1.165, 1.54) is 65.8 Å². The van der Waals surface area contributed by atoms with Gasteiger partial charge in [0.1, 0.15) is 35.5 Å². The Kier molecular flexibility index (Phi) is 22.3. The lowest BCUT2D eigenvalue weighted by atomic mass is 9.93. The molecule has 0 aromatic heterocycles. The number of carbonyl (C=O) groups is 8. The molecule has 0 aliphatic carbocycles. The zero-order valence-electron chi connectivity index (χ0n) is 46.5. The first-order valence-electron chi connectivity index (χ1n) is 27.4. The number of aryl methyl sites for hydroxylation is 1. The number of halogens is 3. The molecular formula is C56H70F3N11O13. The minimum atomic E-state index is -1.11. The SMILES string of the molecule is CC(=O)NC[C@H]1CN(c2ccc(C#CC3(O)CCNCC3)c(F)c2)C(=O)O1.CC(=O)NC[C@H]1CN(c2ccc(CCC(=O)N3CCNCC3)c(F)c2)C(=O)O1.CC(=O)NC[C@H]1CN(c2ccc(OCC(=O)N3CCNCC3)c(F)c2)C(=O)O1. The molecule has 27 heteroatoms. The van der Waals surface area contributed by atoms with E-state index >= 15 is 0 Å². The molecule has 0 bridgehead atoms. The number of ether oxygens (including phenoxy) is 4. The van der Waals surface area contributed by atoms with Crippen LogP contribution >= 0.6 is 0 Å². The third-order valence-electron chi connectivity index (χ3n) is 14.0. The first-order valence-corrected chi connectivity index (χ1v) is 27.4. The summed E-state index contributed by atoms with van der Waals surface area (Å²) in [5.41, 5.74) is 0.557. The van der Waals surface area contributed by atoms with Crippen LogP contribution in [-0.2, 0) is 44.6 Å². The van der Waals surface area contributed by atoms with Crippen LogP contribution in [0.25, 0.3) is 0 Å². The Labute approximate surface area is 478 Å². The second-order valence-electron chi connectivity index (χ2n) is 20.3. The van der Waals surface area contributed by atoms with Gasteiger partial charge in [0, 0.05) is 85.6 Å². The van der Waals surface area contributed by atoms with Gasteiger partial charge in [-0.05, 0) is 80.4 Å². The van der Waals surface area contributed by atoms with Gasteiger partial charge in [0.2, 0.25) is 23.6 Å². The largest absolute Gasteiger partial charge is 0.481 e. The van der Waals surface area contributed by atoms with Crippen LogP contribution in [0, 0.1) is 29.3 Å². The third-order valence-corrected chi connectivity index (χ3v) is 14.0. The molecule has 0 saturated carbocycles. The molecule has 6 fully saturated rings. The fourth-order valence-electron chi connectivity index (χ4n) is 9.35.